The van der Waals surface area contributed by atoms with Gasteiger partial charge in [0.1, 0.15) is 0 Å². The van der Waals surface area contributed by atoms with Crippen LogP contribution in [0.5, 0.6) is 0 Å². The smallest absolute Gasteiger partial charge is 0.0607 e. The lowest BCUT2D eigenvalue weighted by Crippen LogP contribution is -2.40. The number of nitrogens with zero attached hydrogens (tertiary/aromatic N) is 1. The van der Waals surface area contributed by atoms with Crippen LogP contribution in [-0.2, 0) is 0 Å². The highest BCUT2D eigenvalue weighted by molar-refractivity contribution is 5.33. The van der Waals surface area contributed by atoms with Crippen molar-refractivity contribution in [2.75, 3.05) is 19.6 Å². The lowest BCUT2D eigenvalue weighted by Gasteiger charge is -2.34. The van der Waals surface area contributed by atoms with Crippen molar-refractivity contribution in [3.8, 4) is 11.8 Å². The number of piperidine rings is 1. The van der Waals surface area contributed by atoms with Crippen LogP contribution in [0.25, 0.3) is 0 Å². The van der Waals surface area contributed by atoms with Gasteiger partial charge in [-0.1, -0.05) is 36.5 Å². The van der Waals surface area contributed by atoms with E-state index in [-0.39, 0.29) is 0 Å². The average Bonchev–Trinajstić information content (AvgIpc) is 2.42. The van der Waals surface area contributed by atoms with Gasteiger partial charge in [0.05, 0.1) is 6.54 Å². The minimum Gasteiger partial charge on any atom is -0.330 e. The summed E-state index contributed by atoms with van der Waals surface area (Å²) in [5.74, 6) is 6.53. The molecule has 96 valence electrons. The monoisotopic (exact) mass is 242 g/mol. The van der Waals surface area contributed by atoms with Crippen molar-refractivity contribution < 1.29 is 0 Å². The third-order valence-electron chi connectivity index (χ3n) is 3.54. The molecular weight excluding hydrogens is 220 g/mol. The van der Waals surface area contributed by atoms with E-state index < -0.39 is 0 Å². The SMILES string of the molecule is NCCC1CCCCN1CC#Cc1ccccc1. The molecule has 2 nitrogen and oxygen atoms in total. The quantitative estimate of drug-likeness (QED) is 0.824. The fraction of sp³-hybridized carbons (Fsp3) is 0.500. The zero-order chi connectivity index (χ0) is 12.6. The second-order valence-corrected chi connectivity index (χ2v) is 4.87. The van der Waals surface area contributed by atoms with E-state index in [1.54, 1.807) is 0 Å². The second-order valence-electron chi connectivity index (χ2n) is 4.87. The van der Waals surface area contributed by atoms with Crippen LogP contribution in [0.4, 0.5) is 0 Å². The summed E-state index contributed by atoms with van der Waals surface area (Å²) in [6.45, 7) is 2.83. The van der Waals surface area contributed by atoms with Gasteiger partial charge in [0.15, 0.2) is 0 Å². The van der Waals surface area contributed by atoms with Crippen molar-refractivity contribution in [3.05, 3.63) is 35.9 Å². The fourth-order valence-electron chi connectivity index (χ4n) is 2.55. The lowest BCUT2D eigenvalue weighted by atomic mass is 9.99. The number of rotatable bonds is 3. The standard InChI is InChI=1S/C16H22N2/c17-12-11-16-10-4-5-13-18(16)14-6-9-15-7-2-1-3-8-15/h1-3,7-8,16H,4-5,10-14,17H2. The maximum absolute atomic E-state index is 5.68. The Hall–Kier alpha value is -1.30. The summed E-state index contributed by atoms with van der Waals surface area (Å²) >= 11 is 0. The first-order valence-corrected chi connectivity index (χ1v) is 6.88. The summed E-state index contributed by atoms with van der Waals surface area (Å²) in [6, 6.07) is 10.8. The predicted octanol–water partition coefficient (Wildman–Crippen LogP) is 2.24. The number of benzene rings is 1. The summed E-state index contributed by atoms with van der Waals surface area (Å²) in [7, 11) is 0. The second kappa shape index (κ2) is 7.20. The van der Waals surface area contributed by atoms with E-state index in [1.165, 1.54) is 25.8 Å². The molecule has 0 saturated carbocycles. The number of hydrogen-bond acceptors (Lipinski definition) is 2. The van der Waals surface area contributed by atoms with Crippen molar-refractivity contribution in [1.29, 1.82) is 0 Å². The predicted molar refractivity (Wildman–Crippen MR) is 76.2 cm³/mol. The van der Waals surface area contributed by atoms with E-state index in [2.05, 4.69) is 28.9 Å². The molecule has 18 heavy (non-hydrogen) atoms. The third-order valence-corrected chi connectivity index (χ3v) is 3.54. The van der Waals surface area contributed by atoms with Crippen molar-refractivity contribution in [3.63, 3.8) is 0 Å². The Balaban J connectivity index is 1.90. The van der Waals surface area contributed by atoms with Crippen molar-refractivity contribution in [2.45, 2.75) is 31.7 Å². The molecule has 1 aromatic carbocycles. The highest BCUT2D eigenvalue weighted by Gasteiger charge is 2.20. The molecule has 1 atom stereocenters. The molecule has 1 saturated heterocycles. The zero-order valence-electron chi connectivity index (χ0n) is 10.9. The Labute approximate surface area is 110 Å². The van der Waals surface area contributed by atoms with Gasteiger partial charge >= 0.3 is 0 Å². The lowest BCUT2D eigenvalue weighted by molar-refractivity contribution is 0.161. The van der Waals surface area contributed by atoms with Crippen LogP contribution < -0.4 is 5.73 Å². The molecule has 1 fully saturated rings. The van der Waals surface area contributed by atoms with Gasteiger partial charge in [-0.25, -0.2) is 0 Å². The van der Waals surface area contributed by atoms with Crippen LogP contribution in [0.3, 0.4) is 0 Å². The van der Waals surface area contributed by atoms with Crippen molar-refractivity contribution >= 4 is 0 Å². The Morgan fingerprint density at radius 3 is 2.83 bits per heavy atom. The largest absolute Gasteiger partial charge is 0.330 e. The first-order valence-electron chi connectivity index (χ1n) is 6.88. The van der Waals surface area contributed by atoms with Crippen LogP contribution in [0.2, 0.25) is 0 Å². The van der Waals surface area contributed by atoms with Gasteiger partial charge in [-0.2, -0.15) is 0 Å². The van der Waals surface area contributed by atoms with Crippen LogP contribution >= 0.6 is 0 Å². The highest BCUT2D eigenvalue weighted by atomic mass is 15.2. The molecule has 0 aliphatic carbocycles. The summed E-state index contributed by atoms with van der Waals surface area (Å²) in [5, 5.41) is 0. The molecule has 1 unspecified atom stereocenters. The maximum atomic E-state index is 5.68. The molecule has 2 N–H and O–H groups in total. The van der Waals surface area contributed by atoms with Crippen LogP contribution in [-0.4, -0.2) is 30.6 Å². The molecule has 1 aliphatic rings. The van der Waals surface area contributed by atoms with E-state index in [9.17, 15) is 0 Å². The normalized spacial score (nSPS) is 20.2. The van der Waals surface area contributed by atoms with Gasteiger partial charge in [0, 0.05) is 11.6 Å². The summed E-state index contributed by atoms with van der Waals surface area (Å²) in [4.78, 5) is 2.49. The van der Waals surface area contributed by atoms with Crippen LogP contribution in [0.15, 0.2) is 30.3 Å². The summed E-state index contributed by atoms with van der Waals surface area (Å²) in [5.41, 5.74) is 6.78. The van der Waals surface area contributed by atoms with E-state index >= 15 is 0 Å². The van der Waals surface area contributed by atoms with Crippen molar-refractivity contribution in [2.24, 2.45) is 5.73 Å². The van der Waals surface area contributed by atoms with E-state index in [1.807, 2.05) is 18.2 Å². The van der Waals surface area contributed by atoms with Gasteiger partial charge in [0.25, 0.3) is 0 Å². The van der Waals surface area contributed by atoms with Gasteiger partial charge < -0.3 is 5.73 Å². The van der Waals surface area contributed by atoms with E-state index in [0.29, 0.717) is 6.04 Å². The highest BCUT2D eigenvalue weighted by Crippen LogP contribution is 2.18. The molecule has 0 radical (unpaired) electrons. The zero-order valence-corrected chi connectivity index (χ0v) is 10.9. The molecule has 0 bridgehead atoms. The van der Waals surface area contributed by atoms with Gasteiger partial charge in [-0.05, 0) is 44.5 Å². The molecule has 2 heteroatoms. The molecule has 0 amide bonds. The first kappa shape index (κ1) is 13.1. The van der Waals surface area contributed by atoms with Crippen LogP contribution in [0.1, 0.15) is 31.2 Å². The maximum Gasteiger partial charge on any atom is 0.0607 e. The number of hydrogen-bond donors (Lipinski definition) is 1. The summed E-state index contributed by atoms with van der Waals surface area (Å²) < 4.78 is 0. The number of likely N-dealkylation sites (tertiary alicyclic amines) is 1. The Kier molecular flexibility index (Phi) is 5.26. The Morgan fingerprint density at radius 2 is 2.06 bits per heavy atom. The van der Waals surface area contributed by atoms with E-state index in [0.717, 1.165) is 25.1 Å². The van der Waals surface area contributed by atoms with Crippen molar-refractivity contribution in [1.82, 2.24) is 4.90 Å². The topological polar surface area (TPSA) is 29.3 Å². The molecule has 0 aromatic heterocycles. The molecule has 1 aliphatic heterocycles. The Morgan fingerprint density at radius 1 is 1.22 bits per heavy atom. The minimum atomic E-state index is 0.647. The molecular formula is C16H22N2. The first-order chi connectivity index (χ1) is 8.90. The van der Waals surface area contributed by atoms with E-state index in [4.69, 9.17) is 5.73 Å². The Bertz CT molecular complexity index is 400. The molecule has 1 heterocycles. The van der Waals surface area contributed by atoms with Gasteiger partial charge in [-0.15, -0.1) is 0 Å². The molecule has 0 spiro atoms. The summed E-state index contributed by atoms with van der Waals surface area (Å²) in [6.07, 6.45) is 5.03. The van der Waals surface area contributed by atoms with Gasteiger partial charge in [0.2, 0.25) is 0 Å². The van der Waals surface area contributed by atoms with Gasteiger partial charge in [-0.3, -0.25) is 4.90 Å². The van der Waals surface area contributed by atoms with Crippen LogP contribution in [0, 0.1) is 11.8 Å². The fourth-order valence-corrected chi connectivity index (χ4v) is 2.55. The molecule has 2 rings (SSSR count). The number of nitrogens with two attached hydrogens (primary N) is 1. The molecule has 1 aromatic rings. The third kappa shape index (κ3) is 3.87. The minimum absolute atomic E-state index is 0.647. The average molecular weight is 242 g/mol.